The number of rotatable bonds is 4. The zero-order valence-electron chi connectivity index (χ0n) is 21.9. The van der Waals surface area contributed by atoms with Gasteiger partial charge in [-0.15, -0.1) is 0 Å². The SMILES string of the molecule is CC(C)n1c(=O)sc2cc(-c3ccc(C(=O)N4C5CCC4CC(N)C5)cc3-c3ccc(C#N)c(F)c3)ccc21. The molecule has 8 heteroatoms. The van der Waals surface area contributed by atoms with E-state index in [1.54, 1.807) is 10.6 Å². The molecule has 2 aliphatic rings. The van der Waals surface area contributed by atoms with E-state index >= 15 is 0 Å². The van der Waals surface area contributed by atoms with E-state index in [0.29, 0.717) is 16.7 Å². The molecule has 0 spiro atoms. The lowest BCUT2D eigenvalue weighted by Gasteiger charge is -2.38. The van der Waals surface area contributed by atoms with Gasteiger partial charge in [0, 0.05) is 29.7 Å². The molecule has 2 saturated heterocycles. The van der Waals surface area contributed by atoms with Crippen molar-refractivity contribution in [2.24, 2.45) is 5.73 Å². The molecule has 3 heterocycles. The Hall–Kier alpha value is -3.80. The second kappa shape index (κ2) is 9.74. The molecule has 1 amide bonds. The van der Waals surface area contributed by atoms with Crippen molar-refractivity contribution in [3.8, 4) is 28.3 Å². The highest BCUT2D eigenvalue weighted by molar-refractivity contribution is 7.16. The number of benzene rings is 3. The van der Waals surface area contributed by atoms with Gasteiger partial charge in [-0.25, -0.2) is 4.39 Å². The van der Waals surface area contributed by atoms with Crippen LogP contribution in [0.3, 0.4) is 0 Å². The summed E-state index contributed by atoms with van der Waals surface area (Å²) >= 11 is 1.20. The summed E-state index contributed by atoms with van der Waals surface area (Å²) in [6.45, 7) is 3.97. The summed E-state index contributed by atoms with van der Waals surface area (Å²) in [5.74, 6) is -0.637. The molecule has 0 aliphatic carbocycles. The Kier molecular flexibility index (Phi) is 6.37. The lowest BCUT2D eigenvalue weighted by molar-refractivity contribution is 0.0575. The van der Waals surface area contributed by atoms with Gasteiger partial charge in [0.2, 0.25) is 0 Å². The summed E-state index contributed by atoms with van der Waals surface area (Å²) in [6, 6.07) is 18.3. The molecule has 0 saturated carbocycles. The lowest BCUT2D eigenvalue weighted by Crippen LogP contribution is -2.50. The highest BCUT2D eigenvalue weighted by Gasteiger charge is 2.42. The highest BCUT2D eigenvalue weighted by atomic mass is 32.1. The minimum absolute atomic E-state index is 0.0108. The van der Waals surface area contributed by atoms with Crippen LogP contribution in [0.5, 0.6) is 0 Å². The molecule has 198 valence electrons. The molecule has 6 nitrogen and oxygen atoms in total. The molecule has 6 rings (SSSR count). The number of carbonyl (C=O) groups is 1. The number of carbonyl (C=O) groups excluding carboxylic acids is 1. The van der Waals surface area contributed by atoms with Crippen LogP contribution >= 0.6 is 11.3 Å². The molecule has 2 fully saturated rings. The first-order chi connectivity index (χ1) is 18.7. The number of thiazole rings is 1. The van der Waals surface area contributed by atoms with Crippen molar-refractivity contribution in [2.75, 3.05) is 0 Å². The first-order valence-corrected chi connectivity index (χ1v) is 14.1. The minimum Gasteiger partial charge on any atom is -0.333 e. The van der Waals surface area contributed by atoms with Gasteiger partial charge in [-0.1, -0.05) is 29.5 Å². The smallest absolute Gasteiger partial charge is 0.308 e. The Morgan fingerprint density at radius 2 is 1.72 bits per heavy atom. The summed E-state index contributed by atoms with van der Waals surface area (Å²) in [6.07, 6.45) is 3.56. The maximum Gasteiger partial charge on any atom is 0.308 e. The van der Waals surface area contributed by atoms with Gasteiger partial charge in [-0.05, 0) is 98.2 Å². The number of piperidine rings is 1. The second-order valence-corrected chi connectivity index (χ2v) is 11.9. The summed E-state index contributed by atoms with van der Waals surface area (Å²) in [7, 11) is 0. The Labute approximate surface area is 230 Å². The molecule has 3 aromatic carbocycles. The predicted molar refractivity (Wildman–Crippen MR) is 152 cm³/mol. The van der Waals surface area contributed by atoms with Crippen molar-refractivity contribution in [3.63, 3.8) is 0 Å². The van der Waals surface area contributed by atoms with Crippen LogP contribution in [0.25, 0.3) is 32.5 Å². The average molecular weight is 541 g/mol. The van der Waals surface area contributed by atoms with Crippen molar-refractivity contribution in [1.82, 2.24) is 9.47 Å². The van der Waals surface area contributed by atoms with Gasteiger partial charge >= 0.3 is 4.87 Å². The monoisotopic (exact) mass is 540 g/mol. The van der Waals surface area contributed by atoms with Crippen molar-refractivity contribution >= 4 is 27.5 Å². The van der Waals surface area contributed by atoms with E-state index in [1.165, 1.54) is 23.5 Å². The molecule has 2 bridgehead atoms. The van der Waals surface area contributed by atoms with Crippen LogP contribution < -0.4 is 10.6 Å². The number of fused-ring (bicyclic) bond motifs is 3. The quantitative estimate of drug-likeness (QED) is 0.339. The molecule has 2 N–H and O–H groups in total. The molecular weight excluding hydrogens is 511 g/mol. The number of amides is 1. The van der Waals surface area contributed by atoms with E-state index < -0.39 is 5.82 Å². The molecular formula is C31H29FN4O2S. The average Bonchev–Trinajstić information content (AvgIpc) is 3.39. The van der Waals surface area contributed by atoms with E-state index in [1.807, 2.05) is 61.2 Å². The highest BCUT2D eigenvalue weighted by Crippen LogP contribution is 2.39. The largest absolute Gasteiger partial charge is 0.333 e. The molecule has 1 aromatic heterocycles. The van der Waals surface area contributed by atoms with E-state index in [0.717, 1.165) is 47.0 Å². The third-order valence-corrected chi connectivity index (χ3v) is 9.03. The van der Waals surface area contributed by atoms with Gasteiger partial charge in [-0.2, -0.15) is 5.26 Å². The van der Waals surface area contributed by atoms with Gasteiger partial charge in [0.05, 0.1) is 15.8 Å². The van der Waals surface area contributed by atoms with Gasteiger partial charge in [0.1, 0.15) is 11.9 Å². The Morgan fingerprint density at radius 1 is 1.03 bits per heavy atom. The van der Waals surface area contributed by atoms with Crippen LogP contribution in [0.1, 0.15) is 61.5 Å². The van der Waals surface area contributed by atoms with E-state index in [9.17, 15) is 19.2 Å². The summed E-state index contributed by atoms with van der Waals surface area (Å²) in [4.78, 5) is 28.4. The third-order valence-electron chi connectivity index (χ3n) is 8.11. The topological polar surface area (TPSA) is 92.1 Å². The Balaban J connectivity index is 1.48. The predicted octanol–water partition coefficient (Wildman–Crippen LogP) is 6.08. The zero-order valence-corrected chi connectivity index (χ0v) is 22.7. The zero-order chi connectivity index (χ0) is 27.4. The standard InChI is InChI=1S/C31H29FN4O2S/c1-17(2)35-28-10-6-19(13-29(28)39-31(35)38)25-9-5-20(11-26(25)18-3-4-21(16-33)27(32)12-18)30(37)36-23-7-8-24(36)15-22(34)14-23/h3-6,9-13,17,22-24H,7-8,14-15,34H2,1-2H3. The first kappa shape index (κ1) is 25.5. The fourth-order valence-electron chi connectivity index (χ4n) is 6.33. The van der Waals surface area contributed by atoms with E-state index in [-0.39, 0.29) is 40.5 Å². The molecule has 2 unspecified atom stereocenters. The van der Waals surface area contributed by atoms with Crippen molar-refractivity contribution in [1.29, 1.82) is 5.26 Å². The first-order valence-electron chi connectivity index (χ1n) is 13.3. The molecule has 2 aliphatic heterocycles. The van der Waals surface area contributed by atoms with Crippen LogP contribution in [0.2, 0.25) is 0 Å². The van der Waals surface area contributed by atoms with Gasteiger partial charge in [-0.3, -0.25) is 14.2 Å². The second-order valence-electron chi connectivity index (χ2n) is 10.9. The normalized spacial score (nSPS) is 20.5. The maximum atomic E-state index is 14.8. The molecule has 4 aromatic rings. The minimum atomic E-state index is -0.608. The molecule has 2 atom stereocenters. The van der Waals surface area contributed by atoms with Gasteiger partial charge < -0.3 is 10.6 Å². The Bertz CT molecular complexity index is 1700. The van der Waals surface area contributed by atoms with E-state index in [4.69, 9.17) is 5.73 Å². The third kappa shape index (κ3) is 4.36. The number of nitriles is 1. The van der Waals surface area contributed by atoms with E-state index in [2.05, 4.69) is 0 Å². The van der Waals surface area contributed by atoms with Crippen LogP contribution in [-0.2, 0) is 0 Å². The number of hydrogen-bond donors (Lipinski definition) is 1. The van der Waals surface area contributed by atoms with Gasteiger partial charge in [0.25, 0.3) is 5.91 Å². The lowest BCUT2D eigenvalue weighted by atomic mass is 9.91. The van der Waals surface area contributed by atoms with Gasteiger partial charge in [0.15, 0.2) is 0 Å². The fraction of sp³-hybridized carbons (Fsp3) is 0.323. The fourth-order valence-corrected chi connectivity index (χ4v) is 7.39. The van der Waals surface area contributed by atoms with Crippen LogP contribution in [0.15, 0.2) is 59.4 Å². The molecule has 0 radical (unpaired) electrons. The summed E-state index contributed by atoms with van der Waals surface area (Å²) < 4.78 is 17.4. The Morgan fingerprint density at radius 3 is 2.38 bits per heavy atom. The number of hydrogen-bond acceptors (Lipinski definition) is 5. The van der Waals surface area contributed by atoms with Crippen molar-refractivity contribution in [2.45, 2.75) is 63.7 Å². The summed E-state index contributed by atoms with van der Waals surface area (Å²) in [5, 5.41) is 9.24. The number of halogens is 1. The maximum absolute atomic E-state index is 14.8. The van der Waals surface area contributed by atoms with Crippen LogP contribution in [0.4, 0.5) is 4.39 Å². The van der Waals surface area contributed by atoms with Crippen LogP contribution in [-0.4, -0.2) is 33.5 Å². The molecule has 39 heavy (non-hydrogen) atoms. The number of nitrogens with two attached hydrogens (primary N) is 1. The summed E-state index contributed by atoms with van der Waals surface area (Å²) in [5.41, 5.74) is 10.6. The van der Waals surface area contributed by atoms with Crippen molar-refractivity contribution < 1.29 is 9.18 Å². The van der Waals surface area contributed by atoms with Crippen molar-refractivity contribution in [3.05, 3.63) is 81.2 Å². The number of nitrogens with zero attached hydrogens (tertiary/aromatic N) is 3. The van der Waals surface area contributed by atoms with Crippen LogP contribution in [0, 0.1) is 17.1 Å². The number of aromatic nitrogens is 1.